The van der Waals surface area contributed by atoms with Gasteiger partial charge < -0.3 is 15.7 Å². The maximum atomic E-state index is 10.4. The molecule has 1 aromatic heterocycles. The predicted molar refractivity (Wildman–Crippen MR) is 91.4 cm³/mol. The lowest BCUT2D eigenvalue weighted by Gasteiger charge is -2.21. The highest BCUT2D eigenvalue weighted by Crippen LogP contribution is 2.23. The summed E-state index contributed by atoms with van der Waals surface area (Å²) in [4.78, 5) is 4.47. The predicted octanol–water partition coefficient (Wildman–Crippen LogP) is 2.29. The third-order valence-corrected chi connectivity index (χ3v) is 3.63. The molecule has 4 nitrogen and oxygen atoms in total. The van der Waals surface area contributed by atoms with Crippen molar-refractivity contribution in [3.8, 4) is 0 Å². The van der Waals surface area contributed by atoms with Gasteiger partial charge in [0.15, 0.2) is 5.96 Å². The molecule has 1 unspecified atom stereocenters. The Morgan fingerprint density at radius 3 is 2.84 bits per heavy atom. The van der Waals surface area contributed by atoms with Gasteiger partial charge in [-0.1, -0.05) is 0 Å². The molecular formula is C13H22IN3OS. The second-order valence-corrected chi connectivity index (χ2v) is 5.68. The fourth-order valence-corrected chi connectivity index (χ4v) is 2.42. The minimum absolute atomic E-state index is 0. The molecule has 1 fully saturated rings. The fraction of sp³-hybridized carbons (Fsp3) is 0.615. The van der Waals surface area contributed by atoms with Crippen molar-refractivity contribution in [1.29, 1.82) is 0 Å². The van der Waals surface area contributed by atoms with E-state index in [-0.39, 0.29) is 24.0 Å². The van der Waals surface area contributed by atoms with E-state index in [0.29, 0.717) is 12.6 Å². The molecule has 0 saturated heterocycles. The van der Waals surface area contributed by atoms with Crippen molar-refractivity contribution in [3.05, 3.63) is 22.4 Å². The zero-order valence-corrected chi connectivity index (χ0v) is 14.5. The van der Waals surface area contributed by atoms with Gasteiger partial charge in [0.1, 0.15) is 5.60 Å². The maximum absolute atomic E-state index is 10.4. The van der Waals surface area contributed by atoms with Crippen molar-refractivity contribution < 1.29 is 5.11 Å². The first-order valence-corrected chi connectivity index (χ1v) is 7.36. The van der Waals surface area contributed by atoms with Crippen LogP contribution in [0.4, 0.5) is 0 Å². The summed E-state index contributed by atoms with van der Waals surface area (Å²) >= 11 is 1.59. The topological polar surface area (TPSA) is 56.7 Å². The molecule has 1 atom stereocenters. The van der Waals surface area contributed by atoms with Gasteiger partial charge in [0, 0.05) is 12.6 Å². The van der Waals surface area contributed by atoms with Crippen LogP contribution in [-0.4, -0.2) is 30.2 Å². The Morgan fingerprint density at radius 1 is 1.58 bits per heavy atom. The highest BCUT2D eigenvalue weighted by molar-refractivity contribution is 14.0. The molecule has 0 amide bonds. The number of aliphatic hydroxyl groups is 1. The largest absolute Gasteiger partial charge is 0.383 e. The Hall–Kier alpha value is -0.340. The quantitative estimate of drug-likeness (QED) is 0.408. The normalized spacial score (nSPS) is 18.4. The first-order chi connectivity index (χ1) is 8.62. The monoisotopic (exact) mass is 395 g/mol. The number of hydrogen-bond acceptors (Lipinski definition) is 3. The van der Waals surface area contributed by atoms with Crippen molar-refractivity contribution in [1.82, 2.24) is 10.6 Å². The van der Waals surface area contributed by atoms with Crippen molar-refractivity contribution in [2.24, 2.45) is 4.99 Å². The van der Waals surface area contributed by atoms with E-state index >= 15 is 0 Å². The second kappa shape index (κ2) is 7.44. The second-order valence-electron chi connectivity index (χ2n) is 4.90. The standard InChI is InChI=1S/C13H21N3OS.HI/c1-3-14-12(16-11-4-5-11)15-9-13(2,17)10-6-7-18-8-10;/h6-8,11,17H,3-5,9H2,1-2H3,(H2,14,15,16);1H. The van der Waals surface area contributed by atoms with Crippen molar-refractivity contribution >= 4 is 41.3 Å². The van der Waals surface area contributed by atoms with E-state index in [0.717, 1.165) is 18.1 Å². The summed E-state index contributed by atoms with van der Waals surface area (Å²) in [6.07, 6.45) is 2.43. The molecule has 19 heavy (non-hydrogen) atoms. The van der Waals surface area contributed by atoms with Crippen LogP contribution in [0.5, 0.6) is 0 Å². The van der Waals surface area contributed by atoms with Crippen LogP contribution in [-0.2, 0) is 5.60 Å². The molecule has 0 radical (unpaired) electrons. The highest BCUT2D eigenvalue weighted by Gasteiger charge is 2.25. The van der Waals surface area contributed by atoms with Crippen LogP contribution < -0.4 is 10.6 Å². The Balaban J connectivity index is 0.00000180. The van der Waals surface area contributed by atoms with E-state index in [1.54, 1.807) is 18.3 Å². The van der Waals surface area contributed by atoms with Crippen LogP contribution in [0.3, 0.4) is 0 Å². The molecule has 0 aromatic carbocycles. The van der Waals surface area contributed by atoms with Crippen LogP contribution in [0.15, 0.2) is 21.8 Å². The summed E-state index contributed by atoms with van der Waals surface area (Å²) in [5.74, 6) is 0.801. The van der Waals surface area contributed by atoms with Crippen LogP contribution in [0.2, 0.25) is 0 Å². The Kier molecular flexibility index (Phi) is 6.55. The van der Waals surface area contributed by atoms with E-state index in [1.165, 1.54) is 12.8 Å². The average molecular weight is 395 g/mol. The van der Waals surface area contributed by atoms with Crippen LogP contribution in [0, 0.1) is 0 Å². The van der Waals surface area contributed by atoms with E-state index in [2.05, 4.69) is 15.6 Å². The number of guanidine groups is 1. The zero-order valence-electron chi connectivity index (χ0n) is 11.3. The van der Waals surface area contributed by atoms with Gasteiger partial charge in [0.2, 0.25) is 0 Å². The first-order valence-electron chi connectivity index (χ1n) is 6.41. The molecule has 0 aliphatic heterocycles. The molecular weight excluding hydrogens is 373 g/mol. The van der Waals surface area contributed by atoms with E-state index in [1.807, 2.05) is 23.8 Å². The molecule has 2 rings (SSSR count). The maximum Gasteiger partial charge on any atom is 0.191 e. The van der Waals surface area contributed by atoms with Gasteiger partial charge in [-0.05, 0) is 49.1 Å². The molecule has 3 N–H and O–H groups in total. The Morgan fingerprint density at radius 2 is 2.32 bits per heavy atom. The molecule has 108 valence electrons. The summed E-state index contributed by atoms with van der Waals surface area (Å²) in [7, 11) is 0. The third-order valence-electron chi connectivity index (χ3n) is 2.95. The van der Waals surface area contributed by atoms with Crippen molar-refractivity contribution in [3.63, 3.8) is 0 Å². The van der Waals surface area contributed by atoms with Gasteiger partial charge in [-0.2, -0.15) is 11.3 Å². The van der Waals surface area contributed by atoms with Gasteiger partial charge in [0.25, 0.3) is 0 Å². The molecule has 1 aliphatic rings. The lowest BCUT2D eigenvalue weighted by atomic mass is 10.00. The minimum atomic E-state index is -0.897. The molecule has 1 saturated carbocycles. The molecule has 0 bridgehead atoms. The highest BCUT2D eigenvalue weighted by atomic mass is 127. The summed E-state index contributed by atoms with van der Waals surface area (Å²) < 4.78 is 0. The summed E-state index contributed by atoms with van der Waals surface area (Å²) in [5.41, 5.74) is 0.0323. The number of nitrogens with one attached hydrogen (secondary N) is 2. The number of thiophene rings is 1. The van der Waals surface area contributed by atoms with Gasteiger partial charge in [0.05, 0.1) is 6.54 Å². The smallest absolute Gasteiger partial charge is 0.191 e. The molecule has 0 spiro atoms. The first kappa shape index (κ1) is 16.7. The van der Waals surface area contributed by atoms with Crippen molar-refractivity contribution in [2.75, 3.05) is 13.1 Å². The van der Waals surface area contributed by atoms with E-state index < -0.39 is 5.60 Å². The van der Waals surface area contributed by atoms with Gasteiger partial charge in [-0.3, -0.25) is 0 Å². The van der Waals surface area contributed by atoms with Crippen molar-refractivity contribution in [2.45, 2.75) is 38.3 Å². The van der Waals surface area contributed by atoms with Gasteiger partial charge in [-0.25, -0.2) is 4.99 Å². The zero-order chi connectivity index (χ0) is 13.0. The van der Waals surface area contributed by atoms with Gasteiger partial charge >= 0.3 is 0 Å². The third kappa shape index (κ3) is 5.27. The van der Waals surface area contributed by atoms with E-state index in [4.69, 9.17) is 0 Å². The number of nitrogens with zero attached hydrogens (tertiary/aromatic N) is 1. The SMILES string of the molecule is CCNC(=NCC(C)(O)c1ccsc1)NC1CC1.I. The molecule has 1 aliphatic carbocycles. The lowest BCUT2D eigenvalue weighted by molar-refractivity contribution is 0.0677. The number of hydrogen-bond donors (Lipinski definition) is 3. The summed E-state index contributed by atoms with van der Waals surface area (Å²) in [6.45, 7) is 5.05. The Labute approximate surface area is 135 Å². The fourth-order valence-electron chi connectivity index (χ4n) is 1.64. The van der Waals surface area contributed by atoms with Crippen LogP contribution in [0.1, 0.15) is 32.3 Å². The minimum Gasteiger partial charge on any atom is -0.383 e. The molecule has 6 heteroatoms. The van der Waals surface area contributed by atoms with Crippen LogP contribution >= 0.6 is 35.3 Å². The number of halogens is 1. The average Bonchev–Trinajstić information content (AvgIpc) is 2.96. The van der Waals surface area contributed by atoms with Gasteiger partial charge in [-0.15, -0.1) is 24.0 Å². The Bertz CT molecular complexity index is 402. The number of rotatable bonds is 5. The number of aliphatic imine (C=N–C) groups is 1. The van der Waals surface area contributed by atoms with Crippen LogP contribution in [0.25, 0.3) is 0 Å². The molecule has 1 aromatic rings. The van der Waals surface area contributed by atoms with E-state index in [9.17, 15) is 5.11 Å². The lowest BCUT2D eigenvalue weighted by Crippen LogP contribution is -2.39. The summed E-state index contributed by atoms with van der Waals surface area (Å²) in [6, 6.07) is 2.51. The molecule has 1 heterocycles. The summed E-state index contributed by atoms with van der Waals surface area (Å²) in [5, 5.41) is 20.9.